The second kappa shape index (κ2) is 5.65. The summed E-state index contributed by atoms with van der Waals surface area (Å²) < 4.78 is 1.61. The molecule has 0 fully saturated rings. The molecule has 0 spiro atoms. The van der Waals surface area contributed by atoms with Gasteiger partial charge in [-0.1, -0.05) is 5.16 Å². The Morgan fingerprint density at radius 3 is 2.75 bits per heavy atom. The van der Waals surface area contributed by atoms with Crippen LogP contribution in [0.1, 0.15) is 10.4 Å². The number of oxime groups is 1. The SMILES string of the molecule is CN(C/C(N)=N/O)C(=O)c1cc(Br)sc1Br. The van der Waals surface area contributed by atoms with Crippen LogP contribution in [0.2, 0.25) is 0 Å². The predicted molar refractivity (Wildman–Crippen MR) is 70.1 cm³/mol. The van der Waals surface area contributed by atoms with E-state index in [4.69, 9.17) is 10.9 Å². The first kappa shape index (κ1) is 13.5. The molecule has 88 valence electrons. The Morgan fingerprint density at radius 2 is 2.31 bits per heavy atom. The molecule has 0 saturated carbocycles. The molecule has 8 heteroatoms. The summed E-state index contributed by atoms with van der Waals surface area (Å²) in [6, 6.07) is 1.72. The van der Waals surface area contributed by atoms with Gasteiger partial charge >= 0.3 is 0 Å². The second-order valence-corrected chi connectivity index (χ2v) is 6.74. The normalized spacial score (nSPS) is 11.6. The van der Waals surface area contributed by atoms with Crippen molar-refractivity contribution in [3.05, 3.63) is 19.2 Å². The fourth-order valence-electron chi connectivity index (χ4n) is 1.04. The molecule has 0 aliphatic rings. The molecule has 0 bridgehead atoms. The van der Waals surface area contributed by atoms with Crippen molar-refractivity contribution in [1.82, 2.24) is 4.90 Å². The molecule has 0 atom stereocenters. The molecule has 0 radical (unpaired) electrons. The van der Waals surface area contributed by atoms with Crippen molar-refractivity contribution in [3.8, 4) is 0 Å². The Labute approximate surface area is 113 Å². The average Bonchev–Trinajstić information content (AvgIpc) is 2.56. The van der Waals surface area contributed by atoms with Crippen molar-refractivity contribution in [2.24, 2.45) is 10.9 Å². The molecule has 3 N–H and O–H groups in total. The summed E-state index contributed by atoms with van der Waals surface area (Å²) in [7, 11) is 1.58. The number of amidine groups is 1. The van der Waals surface area contributed by atoms with Crippen LogP contribution in [0.3, 0.4) is 0 Å². The standard InChI is InChI=1S/C8H9Br2N3O2S/c1-13(3-6(11)12-15)8(14)4-2-5(9)16-7(4)10/h2,15H,3H2,1H3,(H2,11,12). The highest BCUT2D eigenvalue weighted by atomic mass is 79.9. The van der Waals surface area contributed by atoms with Gasteiger partial charge in [-0.25, -0.2) is 0 Å². The molecular weight excluding hydrogens is 362 g/mol. The molecule has 1 amide bonds. The summed E-state index contributed by atoms with van der Waals surface area (Å²) in [5.74, 6) is -0.207. The number of carbonyl (C=O) groups is 1. The molecule has 16 heavy (non-hydrogen) atoms. The fourth-order valence-corrected chi connectivity index (χ4v) is 3.82. The van der Waals surface area contributed by atoms with E-state index in [1.165, 1.54) is 16.2 Å². The van der Waals surface area contributed by atoms with Crippen LogP contribution in [0.15, 0.2) is 18.8 Å². The summed E-state index contributed by atoms with van der Waals surface area (Å²) in [6.07, 6.45) is 0. The van der Waals surface area contributed by atoms with Gasteiger partial charge in [-0.3, -0.25) is 4.79 Å². The monoisotopic (exact) mass is 369 g/mol. The van der Waals surface area contributed by atoms with Crippen LogP contribution < -0.4 is 5.73 Å². The quantitative estimate of drug-likeness (QED) is 0.370. The number of hydrogen-bond donors (Lipinski definition) is 2. The zero-order valence-corrected chi connectivity index (χ0v) is 12.3. The van der Waals surface area contributed by atoms with Crippen LogP contribution in [0.4, 0.5) is 0 Å². The smallest absolute Gasteiger partial charge is 0.256 e. The molecule has 5 nitrogen and oxygen atoms in total. The number of halogens is 2. The van der Waals surface area contributed by atoms with Crippen molar-refractivity contribution in [3.63, 3.8) is 0 Å². The lowest BCUT2D eigenvalue weighted by Gasteiger charge is -2.15. The van der Waals surface area contributed by atoms with Crippen molar-refractivity contribution in [2.45, 2.75) is 0 Å². The zero-order valence-electron chi connectivity index (χ0n) is 8.28. The van der Waals surface area contributed by atoms with Gasteiger partial charge in [-0.2, -0.15) is 0 Å². The summed E-state index contributed by atoms with van der Waals surface area (Å²) in [4.78, 5) is 13.3. The van der Waals surface area contributed by atoms with E-state index in [1.807, 2.05) is 0 Å². The molecule has 0 unspecified atom stereocenters. The van der Waals surface area contributed by atoms with E-state index in [0.29, 0.717) is 5.56 Å². The van der Waals surface area contributed by atoms with Crippen molar-refractivity contribution >= 4 is 54.9 Å². The molecule has 1 rings (SSSR count). The molecule has 0 aliphatic carbocycles. The van der Waals surface area contributed by atoms with E-state index in [2.05, 4.69) is 37.0 Å². The van der Waals surface area contributed by atoms with E-state index in [9.17, 15) is 4.79 Å². The number of carbonyl (C=O) groups excluding carboxylic acids is 1. The maximum Gasteiger partial charge on any atom is 0.256 e. The van der Waals surface area contributed by atoms with Gasteiger partial charge in [0.1, 0.15) is 0 Å². The van der Waals surface area contributed by atoms with Gasteiger partial charge in [0, 0.05) is 7.05 Å². The molecule has 0 aromatic carbocycles. The number of amides is 1. The highest BCUT2D eigenvalue weighted by Gasteiger charge is 2.18. The Morgan fingerprint density at radius 1 is 1.69 bits per heavy atom. The third kappa shape index (κ3) is 3.19. The number of nitrogens with zero attached hydrogens (tertiary/aromatic N) is 2. The lowest BCUT2D eigenvalue weighted by Crippen LogP contribution is -2.35. The zero-order chi connectivity index (χ0) is 12.3. The van der Waals surface area contributed by atoms with Crippen LogP contribution in [-0.2, 0) is 0 Å². The maximum absolute atomic E-state index is 11.9. The van der Waals surface area contributed by atoms with Gasteiger partial charge in [0.25, 0.3) is 5.91 Å². The number of nitrogens with two attached hydrogens (primary N) is 1. The highest BCUT2D eigenvalue weighted by molar-refractivity contribution is 9.12. The van der Waals surface area contributed by atoms with Crippen LogP contribution in [-0.4, -0.2) is 35.4 Å². The Bertz CT molecular complexity index is 433. The van der Waals surface area contributed by atoms with Crippen LogP contribution in [0.25, 0.3) is 0 Å². The number of thiophene rings is 1. The molecule has 0 saturated heterocycles. The number of rotatable bonds is 3. The summed E-state index contributed by atoms with van der Waals surface area (Å²) >= 11 is 8.01. The van der Waals surface area contributed by atoms with Crippen molar-refractivity contribution < 1.29 is 10.0 Å². The van der Waals surface area contributed by atoms with Crippen LogP contribution in [0, 0.1) is 0 Å². The first-order chi connectivity index (χ1) is 7.45. The van der Waals surface area contributed by atoms with E-state index in [-0.39, 0.29) is 18.3 Å². The summed E-state index contributed by atoms with van der Waals surface area (Å²) in [6.45, 7) is 0.0786. The number of likely N-dealkylation sites (N-methyl/N-ethyl adjacent to an activating group) is 1. The third-order valence-corrected chi connectivity index (χ3v) is 4.10. The first-order valence-electron chi connectivity index (χ1n) is 4.12. The summed E-state index contributed by atoms with van der Waals surface area (Å²) in [5.41, 5.74) is 5.87. The molecule has 1 aromatic rings. The Kier molecular flexibility index (Phi) is 4.75. The highest BCUT2D eigenvalue weighted by Crippen LogP contribution is 2.32. The minimum atomic E-state index is -0.194. The largest absolute Gasteiger partial charge is 0.409 e. The van der Waals surface area contributed by atoms with E-state index in [1.54, 1.807) is 13.1 Å². The van der Waals surface area contributed by atoms with E-state index < -0.39 is 0 Å². The topological polar surface area (TPSA) is 78.9 Å². The van der Waals surface area contributed by atoms with Gasteiger partial charge in [-0.15, -0.1) is 11.3 Å². The van der Waals surface area contributed by atoms with Gasteiger partial charge < -0.3 is 15.8 Å². The predicted octanol–water partition coefficient (Wildman–Crippen LogP) is 2.09. The molecular formula is C8H9Br2N3O2S. The Hall–Kier alpha value is -0.600. The van der Waals surface area contributed by atoms with Gasteiger partial charge in [-0.05, 0) is 37.9 Å². The molecule has 0 aliphatic heterocycles. The van der Waals surface area contributed by atoms with Crippen molar-refractivity contribution in [2.75, 3.05) is 13.6 Å². The first-order valence-corrected chi connectivity index (χ1v) is 6.52. The molecule has 1 aromatic heterocycles. The Balaban J connectivity index is 2.82. The van der Waals surface area contributed by atoms with E-state index >= 15 is 0 Å². The number of hydrogen-bond acceptors (Lipinski definition) is 4. The van der Waals surface area contributed by atoms with Gasteiger partial charge in [0.15, 0.2) is 5.84 Å². The minimum Gasteiger partial charge on any atom is -0.409 e. The lowest BCUT2D eigenvalue weighted by molar-refractivity contribution is 0.0813. The third-order valence-electron chi connectivity index (χ3n) is 1.76. The van der Waals surface area contributed by atoms with Gasteiger partial charge in [0.2, 0.25) is 0 Å². The summed E-state index contributed by atoms with van der Waals surface area (Å²) in [5, 5.41) is 11.2. The lowest BCUT2D eigenvalue weighted by atomic mass is 10.3. The van der Waals surface area contributed by atoms with Gasteiger partial charge in [0.05, 0.1) is 19.7 Å². The minimum absolute atomic E-state index is 0.0127. The average molecular weight is 371 g/mol. The van der Waals surface area contributed by atoms with Crippen LogP contribution in [0.5, 0.6) is 0 Å². The van der Waals surface area contributed by atoms with E-state index in [0.717, 1.165) is 7.57 Å². The molecule has 1 heterocycles. The second-order valence-electron chi connectivity index (χ2n) is 2.99. The fraction of sp³-hybridized carbons (Fsp3) is 0.250. The van der Waals surface area contributed by atoms with Crippen LogP contribution >= 0.6 is 43.2 Å². The van der Waals surface area contributed by atoms with Crippen molar-refractivity contribution in [1.29, 1.82) is 0 Å². The maximum atomic E-state index is 11.9.